The van der Waals surface area contributed by atoms with E-state index in [1.807, 2.05) is 0 Å². The van der Waals surface area contributed by atoms with E-state index in [0.717, 1.165) is 6.54 Å². The van der Waals surface area contributed by atoms with E-state index in [9.17, 15) is 5.11 Å². The van der Waals surface area contributed by atoms with Crippen LogP contribution in [0.5, 0.6) is 0 Å². The minimum atomic E-state index is -0.367. The van der Waals surface area contributed by atoms with Crippen molar-refractivity contribution in [3.05, 3.63) is 0 Å². The van der Waals surface area contributed by atoms with E-state index in [0.29, 0.717) is 30.6 Å². The highest BCUT2D eigenvalue weighted by molar-refractivity contribution is 4.82. The second kappa shape index (κ2) is 7.77. The number of aliphatic hydroxyl groups is 1. The Labute approximate surface area is 124 Å². The monoisotopic (exact) mass is 283 g/mol. The number of nitrogens with one attached hydrogen (secondary N) is 1. The number of rotatable bonds is 7. The van der Waals surface area contributed by atoms with Gasteiger partial charge in [0.1, 0.15) is 0 Å². The molecule has 3 nitrogen and oxygen atoms in total. The third kappa shape index (κ3) is 5.01. The Balaban J connectivity index is 1.57. The van der Waals surface area contributed by atoms with Crippen LogP contribution in [0.1, 0.15) is 65.2 Å². The number of hydrogen-bond acceptors (Lipinski definition) is 3. The van der Waals surface area contributed by atoms with Crippen LogP contribution in [0, 0.1) is 11.3 Å². The summed E-state index contributed by atoms with van der Waals surface area (Å²) in [4.78, 5) is 0. The minimum Gasteiger partial charge on any atom is -0.389 e. The van der Waals surface area contributed by atoms with Crippen LogP contribution in [0.3, 0.4) is 0 Å². The molecule has 118 valence electrons. The van der Waals surface area contributed by atoms with Crippen LogP contribution in [0.4, 0.5) is 0 Å². The highest BCUT2D eigenvalue weighted by atomic mass is 16.5. The summed E-state index contributed by atoms with van der Waals surface area (Å²) < 4.78 is 5.91. The zero-order valence-corrected chi connectivity index (χ0v) is 13.4. The molecule has 0 bridgehead atoms. The lowest BCUT2D eigenvalue weighted by Gasteiger charge is -2.30. The van der Waals surface area contributed by atoms with E-state index < -0.39 is 0 Å². The molecule has 3 heteroatoms. The highest BCUT2D eigenvalue weighted by Crippen LogP contribution is 2.36. The topological polar surface area (TPSA) is 41.5 Å². The molecule has 20 heavy (non-hydrogen) atoms. The molecule has 2 fully saturated rings. The van der Waals surface area contributed by atoms with Gasteiger partial charge in [-0.05, 0) is 37.0 Å². The van der Waals surface area contributed by atoms with Crippen LogP contribution >= 0.6 is 0 Å². The molecule has 2 aliphatic rings. The summed E-state index contributed by atoms with van der Waals surface area (Å²) in [7, 11) is 0. The number of aliphatic hydroxyl groups excluding tert-OH is 1. The predicted molar refractivity (Wildman–Crippen MR) is 82.8 cm³/mol. The molecule has 0 radical (unpaired) electrons. The molecule has 0 amide bonds. The number of hydrogen-bond donors (Lipinski definition) is 2. The molecule has 0 spiro atoms. The van der Waals surface area contributed by atoms with Crippen molar-refractivity contribution in [2.45, 2.75) is 77.4 Å². The Morgan fingerprint density at radius 3 is 2.60 bits per heavy atom. The largest absolute Gasteiger partial charge is 0.389 e. The third-order valence-corrected chi connectivity index (χ3v) is 5.28. The van der Waals surface area contributed by atoms with Gasteiger partial charge in [0.05, 0.1) is 18.8 Å². The Morgan fingerprint density at radius 1 is 1.20 bits per heavy atom. The lowest BCUT2D eigenvalue weighted by molar-refractivity contribution is -0.0454. The summed E-state index contributed by atoms with van der Waals surface area (Å²) in [5.41, 5.74) is 0.457. The van der Waals surface area contributed by atoms with E-state index in [4.69, 9.17) is 4.74 Å². The van der Waals surface area contributed by atoms with Crippen molar-refractivity contribution in [3.63, 3.8) is 0 Å². The van der Waals surface area contributed by atoms with Gasteiger partial charge in [0.2, 0.25) is 0 Å². The maximum Gasteiger partial charge on any atom is 0.0897 e. The molecule has 0 aromatic carbocycles. The maximum absolute atomic E-state index is 10.0. The summed E-state index contributed by atoms with van der Waals surface area (Å²) in [5, 5.41) is 13.5. The van der Waals surface area contributed by atoms with Gasteiger partial charge >= 0.3 is 0 Å². The first kappa shape index (κ1) is 16.3. The average Bonchev–Trinajstić information content (AvgIpc) is 2.85. The van der Waals surface area contributed by atoms with Crippen molar-refractivity contribution in [2.75, 3.05) is 19.7 Å². The van der Waals surface area contributed by atoms with E-state index in [1.165, 1.54) is 51.4 Å². The SMILES string of the molecule is CC1CCCCC1OCC(O)CNCC1(C)CCCC1. The van der Waals surface area contributed by atoms with E-state index >= 15 is 0 Å². The second-order valence-electron chi connectivity index (χ2n) is 7.44. The fraction of sp³-hybridized carbons (Fsp3) is 1.00. The fourth-order valence-corrected chi connectivity index (χ4v) is 3.77. The maximum atomic E-state index is 10.0. The van der Waals surface area contributed by atoms with Crippen LogP contribution in [0.25, 0.3) is 0 Å². The van der Waals surface area contributed by atoms with Gasteiger partial charge < -0.3 is 15.2 Å². The first-order valence-corrected chi connectivity index (χ1v) is 8.59. The Hall–Kier alpha value is -0.120. The summed E-state index contributed by atoms with van der Waals surface area (Å²) >= 11 is 0. The molecular weight excluding hydrogens is 250 g/mol. The average molecular weight is 283 g/mol. The first-order valence-electron chi connectivity index (χ1n) is 8.59. The van der Waals surface area contributed by atoms with Gasteiger partial charge in [-0.1, -0.05) is 39.5 Å². The number of ether oxygens (including phenoxy) is 1. The minimum absolute atomic E-state index is 0.366. The van der Waals surface area contributed by atoms with Gasteiger partial charge in [0.15, 0.2) is 0 Å². The van der Waals surface area contributed by atoms with Gasteiger partial charge in [-0.3, -0.25) is 0 Å². The summed E-state index contributed by atoms with van der Waals surface area (Å²) in [6.45, 7) is 6.81. The third-order valence-electron chi connectivity index (χ3n) is 5.28. The van der Waals surface area contributed by atoms with Crippen molar-refractivity contribution in [2.24, 2.45) is 11.3 Å². The van der Waals surface area contributed by atoms with Crippen molar-refractivity contribution in [3.8, 4) is 0 Å². The van der Waals surface area contributed by atoms with Gasteiger partial charge in [0, 0.05) is 13.1 Å². The molecule has 0 aromatic rings. The van der Waals surface area contributed by atoms with Crippen LogP contribution in [0.15, 0.2) is 0 Å². The zero-order chi connectivity index (χ0) is 14.4. The lowest BCUT2D eigenvalue weighted by Crippen LogP contribution is -2.38. The zero-order valence-electron chi connectivity index (χ0n) is 13.4. The second-order valence-corrected chi connectivity index (χ2v) is 7.44. The van der Waals surface area contributed by atoms with E-state index in [-0.39, 0.29) is 6.10 Å². The molecule has 2 aliphatic carbocycles. The van der Waals surface area contributed by atoms with E-state index in [1.54, 1.807) is 0 Å². The molecule has 0 aromatic heterocycles. The van der Waals surface area contributed by atoms with Crippen LogP contribution in [0.2, 0.25) is 0 Å². The standard InChI is InChI=1S/C17H33NO2/c1-14-7-3-4-8-16(14)20-12-15(19)11-18-13-17(2)9-5-6-10-17/h14-16,18-19H,3-13H2,1-2H3. The van der Waals surface area contributed by atoms with Crippen LogP contribution in [-0.2, 0) is 4.74 Å². The molecular formula is C17H33NO2. The van der Waals surface area contributed by atoms with Crippen molar-refractivity contribution in [1.82, 2.24) is 5.32 Å². The quantitative estimate of drug-likeness (QED) is 0.754. The molecule has 2 N–H and O–H groups in total. The summed E-state index contributed by atoms with van der Waals surface area (Å²) in [5.74, 6) is 0.654. The molecule has 3 unspecified atom stereocenters. The van der Waals surface area contributed by atoms with Gasteiger partial charge in [0.25, 0.3) is 0 Å². The highest BCUT2D eigenvalue weighted by Gasteiger charge is 2.28. The Morgan fingerprint density at radius 2 is 1.90 bits per heavy atom. The smallest absolute Gasteiger partial charge is 0.0897 e. The van der Waals surface area contributed by atoms with Crippen molar-refractivity contribution >= 4 is 0 Å². The van der Waals surface area contributed by atoms with Crippen molar-refractivity contribution < 1.29 is 9.84 Å². The van der Waals surface area contributed by atoms with Gasteiger partial charge in [-0.2, -0.15) is 0 Å². The Bertz CT molecular complexity index is 276. The molecule has 3 atom stereocenters. The fourth-order valence-electron chi connectivity index (χ4n) is 3.77. The summed E-state index contributed by atoms with van der Waals surface area (Å²) in [6.07, 6.45) is 10.4. The van der Waals surface area contributed by atoms with Gasteiger partial charge in [-0.25, -0.2) is 0 Å². The normalized spacial score (nSPS) is 31.4. The van der Waals surface area contributed by atoms with Crippen LogP contribution < -0.4 is 5.32 Å². The predicted octanol–water partition coefficient (Wildman–Crippen LogP) is 3.11. The van der Waals surface area contributed by atoms with Crippen LogP contribution in [-0.4, -0.2) is 37.0 Å². The van der Waals surface area contributed by atoms with E-state index in [2.05, 4.69) is 19.2 Å². The van der Waals surface area contributed by atoms with Crippen molar-refractivity contribution in [1.29, 1.82) is 0 Å². The molecule has 2 saturated carbocycles. The lowest BCUT2D eigenvalue weighted by atomic mass is 9.88. The Kier molecular flexibility index (Phi) is 6.31. The first-order chi connectivity index (χ1) is 9.59. The summed E-state index contributed by atoms with van der Waals surface area (Å²) in [6, 6.07) is 0. The molecule has 0 saturated heterocycles. The molecule has 2 rings (SSSR count). The molecule has 0 heterocycles. The van der Waals surface area contributed by atoms with Gasteiger partial charge in [-0.15, -0.1) is 0 Å². The molecule has 0 aliphatic heterocycles.